The van der Waals surface area contributed by atoms with E-state index in [4.69, 9.17) is 9.47 Å². The fourth-order valence-electron chi connectivity index (χ4n) is 3.06. The van der Waals surface area contributed by atoms with Crippen molar-refractivity contribution < 1.29 is 22.7 Å². The van der Waals surface area contributed by atoms with Crippen molar-refractivity contribution in [2.45, 2.75) is 18.7 Å². The number of carbonyl (C=O) groups excluding carboxylic acids is 1. The number of sulfonamides is 1. The Morgan fingerprint density at radius 3 is 2.50 bits per heavy atom. The predicted octanol–water partition coefficient (Wildman–Crippen LogP) is 3.27. The number of rotatable bonds is 6. The molecule has 0 bridgehead atoms. The number of hydrogen-bond acceptors (Lipinski definition) is 7. The molecule has 1 aromatic heterocycles. The average molecular weight is 452 g/mol. The summed E-state index contributed by atoms with van der Waals surface area (Å²) in [4.78, 5) is 20.5. The highest BCUT2D eigenvalue weighted by molar-refractivity contribution is 7.92. The molecule has 9 nitrogen and oxygen atoms in total. The fourth-order valence-corrected chi connectivity index (χ4v) is 4.05. The molecule has 0 spiro atoms. The Labute approximate surface area is 185 Å². The van der Waals surface area contributed by atoms with Crippen LogP contribution in [0.1, 0.15) is 17.1 Å². The van der Waals surface area contributed by atoms with E-state index in [9.17, 15) is 13.2 Å². The second-order valence-corrected chi connectivity index (χ2v) is 8.69. The first kappa shape index (κ1) is 21.3. The van der Waals surface area contributed by atoms with Crippen molar-refractivity contribution in [3.63, 3.8) is 0 Å². The van der Waals surface area contributed by atoms with Crippen molar-refractivity contribution in [3.8, 4) is 11.5 Å². The first-order valence-corrected chi connectivity index (χ1v) is 11.1. The van der Waals surface area contributed by atoms with Gasteiger partial charge < -0.3 is 14.8 Å². The molecule has 10 heteroatoms. The van der Waals surface area contributed by atoms with Gasteiger partial charge in [-0.1, -0.05) is 6.07 Å². The summed E-state index contributed by atoms with van der Waals surface area (Å²) >= 11 is 0. The van der Waals surface area contributed by atoms with Gasteiger partial charge >= 0.3 is 0 Å². The van der Waals surface area contributed by atoms with Crippen LogP contribution >= 0.6 is 0 Å². The Hall–Kier alpha value is -3.92. The van der Waals surface area contributed by atoms with E-state index < -0.39 is 10.0 Å². The van der Waals surface area contributed by atoms with Crippen molar-refractivity contribution in [1.82, 2.24) is 9.97 Å². The zero-order valence-electron chi connectivity index (χ0n) is 17.3. The van der Waals surface area contributed by atoms with Gasteiger partial charge in [0.15, 0.2) is 11.5 Å². The van der Waals surface area contributed by atoms with Crippen LogP contribution in [-0.4, -0.2) is 31.1 Å². The van der Waals surface area contributed by atoms with E-state index in [1.807, 2.05) is 6.07 Å². The van der Waals surface area contributed by atoms with Crippen molar-refractivity contribution in [2.75, 3.05) is 16.8 Å². The molecule has 2 heterocycles. The third kappa shape index (κ3) is 5.03. The van der Waals surface area contributed by atoms with Gasteiger partial charge in [-0.15, -0.1) is 0 Å². The molecule has 2 aromatic carbocycles. The average Bonchev–Trinajstić information content (AvgIpc) is 3.19. The Morgan fingerprint density at radius 2 is 1.75 bits per heavy atom. The van der Waals surface area contributed by atoms with Crippen LogP contribution in [0.3, 0.4) is 0 Å². The van der Waals surface area contributed by atoms with Crippen LogP contribution in [0.25, 0.3) is 6.08 Å². The molecule has 0 saturated heterocycles. The van der Waals surface area contributed by atoms with E-state index >= 15 is 0 Å². The Bertz CT molecular complexity index is 1280. The van der Waals surface area contributed by atoms with Gasteiger partial charge in [-0.2, -0.15) is 0 Å². The molecule has 1 amide bonds. The van der Waals surface area contributed by atoms with Crippen molar-refractivity contribution in [2.24, 2.45) is 0 Å². The van der Waals surface area contributed by atoms with Crippen LogP contribution in [0.4, 0.5) is 11.5 Å². The number of benzene rings is 2. The number of anilines is 2. The quantitative estimate of drug-likeness (QED) is 0.551. The summed E-state index contributed by atoms with van der Waals surface area (Å²) in [6.45, 7) is 3.62. The molecule has 0 aliphatic carbocycles. The van der Waals surface area contributed by atoms with Gasteiger partial charge in [-0.3, -0.25) is 9.52 Å². The Morgan fingerprint density at radius 1 is 1.00 bits per heavy atom. The number of carbonyl (C=O) groups is 1. The summed E-state index contributed by atoms with van der Waals surface area (Å²) in [5.74, 6) is 1.60. The number of fused-ring (bicyclic) bond motifs is 1. The van der Waals surface area contributed by atoms with Crippen molar-refractivity contribution >= 4 is 33.5 Å². The molecule has 0 atom stereocenters. The standard InChI is InChI=1S/C22H20N4O5S/c1-14-11-21(24-15(2)23-14)26-32(28,29)18-7-5-17(6-8-18)25-22(27)10-4-16-3-9-19-20(12-16)31-13-30-19/h3-12H,13H2,1-2H3,(H,25,27)(H,23,24,26)/b10-4+. The summed E-state index contributed by atoms with van der Waals surface area (Å²) in [6.07, 6.45) is 3.02. The van der Waals surface area contributed by atoms with Gasteiger partial charge in [0, 0.05) is 23.5 Å². The van der Waals surface area contributed by atoms with E-state index in [0.29, 0.717) is 28.7 Å². The molecule has 4 rings (SSSR count). The van der Waals surface area contributed by atoms with E-state index in [1.165, 1.54) is 30.3 Å². The van der Waals surface area contributed by atoms with E-state index in [1.54, 1.807) is 38.1 Å². The molecular formula is C22H20N4O5S. The summed E-state index contributed by atoms with van der Waals surface area (Å²) in [7, 11) is -3.83. The van der Waals surface area contributed by atoms with Gasteiger partial charge in [0.2, 0.25) is 12.7 Å². The molecule has 1 aliphatic rings. The van der Waals surface area contributed by atoms with Crippen LogP contribution in [0.2, 0.25) is 0 Å². The van der Waals surface area contributed by atoms with Gasteiger partial charge in [0.25, 0.3) is 10.0 Å². The Kier molecular flexibility index (Phi) is 5.78. The number of amides is 1. The lowest BCUT2D eigenvalue weighted by Gasteiger charge is -2.09. The third-order valence-corrected chi connectivity index (χ3v) is 5.83. The van der Waals surface area contributed by atoms with Gasteiger partial charge in [0.05, 0.1) is 4.90 Å². The minimum atomic E-state index is -3.83. The maximum absolute atomic E-state index is 12.6. The Balaban J connectivity index is 1.40. The molecule has 164 valence electrons. The molecular weight excluding hydrogens is 432 g/mol. The molecule has 2 N–H and O–H groups in total. The SMILES string of the molecule is Cc1cc(NS(=O)(=O)c2ccc(NC(=O)/C=C/c3ccc4c(c3)OCO4)cc2)nc(C)n1. The zero-order valence-corrected chi connectivity index (χ0v) is 18.1. The lowest BCUT2D eigenvalue weighted by molar-refractivity contribution is -0.111. The number of ether oxygens (including phenoxy) is 2. The number of nitrogens with zero attached hydrogens (tertiary/aromatic N) is 2. The highest BCUT2D eigenvalue weighted by Crippen LogP contribution is 2.32. The zero-order chi connectivity index (χ0) is 22.7. The van der Waals surface area contributed by atoms with Crippen LogP contribution < -0.4 is 19.5 Å². The van der Waals surface area contributed by atoms with Crippen molar-refractivity contribution in [1.29, 1.82) is 0 Å². The van der Waals surface area contributed by atoms with E-state index in [2.05, 4.69) is 20.0 Å². The summed E-state index contributed by atoms with van der Waals surface area (Å²) in [5, 5.41) is 2.69. The first-order valence-electron chi connectivity index (χ1n) is 9.62. The van der Waals surface area contributed by atoms with Crippen molar-refractivity contribution in [3.05, 3.63) is 71.7 Å². The smallest absolute Gasteiger partial charge is 0.263 e. The first-order chi connectivity index (χ1) is 15.3. The maximum Gasteiger partial charge on any atom is 0.263 e. The van der Waals surface area contributed by atoms with Crippen LogP contribution in [0.5, 0.6) is 11.5 Å². The van der Waals surface area contributed by atoms with Crippen LogP contribution in [0.15, 0.2) is 59.5 Å². The minimum Gasteiger partial charge on any atom is -0.454 e. The highest BCUT2D eigenvalue weighted by atomic mass is 32.2. The van der Waals surface area contributed by atoms with E-state index in [0.717, 1.165) is 5.56 Å². The minimum absolute atomic E-state index is 0.0420. The normalized spacial score (nSPS) is 12.7. The fraction of sp³-hybridized carbons (Fsp3) is 0.136. The summed E-state index contributed by atoms with van der Waals surface area (Å²) < 4.78 is 38.2. The number of aryl methyl sites for hydroxylation is 2. The molecule has 0 saturated carbocycles. The second-order valence-electron chi connectivity index (χ2n) is 7.01. The van der Waals surface area contributed by atoms with Gasteiger partial charge in [-0.25, -0.2) is 18.4 Å². The highest BCUT2D eigenvalue weighted by Gasteiger charge is 2.16. The van der Waals surface area contributed by atoms with Crippen LogP contribution in [-0.2, 0) is 14.8 Å². The molecule has 1 aliphatic heterocycles. The summed E-state index contributed by atoms with van der Waals surface area (Å²) in [5.41, 5.74) is 1.90. The van der Waals surface area contributed by atoms with Gasteiger partial charge in [-0.05, 0) is 61.9 Å². The molecule has 32 heavy (non-hydrogen) atoms. The number of aromatic nitrogens is 2. The monoisotopic (exact) mass is 452 g/mol. The van der Waals surface area contributed by atoms with Crippen LogP contribution in [0, 0.1) is 13.8 Å². The second kappa shape index (κ2) is 8.67. The largest absolute Gasteiger partial charge is 0.454 e. The maximum atomic E-state index is 12.6. The molecule has 3 aromatic rings. The topological polar surface area (TPSA) is 120 Å². The van der Waals surface area contributed by atoms with Gasteiger partial charge in [0.1, 0.15) is 11.6 Å². The molecule has 0 fully saturated rings. The molecule has 0 radical (unpaired) electrons. The lowest BCUT2D eigenvalue weighted by Crippen LogP contribution is -2.15. The molecule has 0 unspecified atom stereocenters. The lowest BCUT2D eigenvalue weighted by atomic mass is 10.2. The van der Waals surface area contributed by atoms with E-state index in [-0.39, 0.29) is 23.4 Å². The number of hydrogen-bond donors (Lipinski definition) is 2. The predicted molar refractivity (Wildman–Crippen MR) is 119 cm³/mol. The number of nitrogens with one attached hydrogen (secondary N) is 2. The summed E-state index contributed by atoms with van der Waals surface area (Å²) in [6, 6.07) is 12.7. The third-order valence-electron chi connectivity index (χ3n) is 4.46.